The van der Waals surface area contributed by atoms with Crippen molar-refractivity contribution < 1.29 is 4.74 Å². The molecule has 0 bridgehead atoms. The number of hydrogen-bond donors (Lipinski definition) is 1. The van der Waals surface area contributed by atoms with Gasteiger partial charge in [0, 0.05) is 30.9 Å². The molecule has 20 heavy (non-hydrogen) atoms. The van der Waals surface area contributed by atoms with Crippen LogP contribution >= 0.6 is 0 Å². The maximum Gasteiger partial charge on any atom is 0.121 e. The fourth-order valence-corrected chi connectivity index (χ4v) is 2.54. The Bertz CT molecular complexity index is 408. The Labute approximate surface area is 122 Å². The summed E-state index contributed by atoms with van der Waals surface area (Å²) in [5.41, 5.74) is 1.16. The maximum absolute atomic E-state index is 5.78. The molecule has 0 aliphatic carbocycles. The largest absolute Gasteiger partial charge is 0.492 e. The van der Waals surface area contributed by atoms with Crippen LogP contribution in [-0.4, -0.2) is 63.2 Å². The third-order valence-corrected chi connectivity index (χ3v) is 3.64. The van der Waals surface area contributed by atoms with Gasteiger partial charge in [-0.2, -0.15) is 0 Å². The summed E-state index contributed by atoms with van der Waals surface area (Å²) in [6.07, 6.45) is 2.52. The number of likely N-dealkylation sites (tertiary alicyclic amines) is 1. The van der Waals surface area contributed by atoms with E-state index in [0.29, 0.717) is 6.04 Å². The minimum atomic E-state index is 0.547. The van der Waals surface area contributed by atoms with Crippen molar-refractivity contribution in [2.45, 2.75) is 18.9 Å². The zero-order valence-electron chi connectivity index (χ0n) is 12.9. The van der Waals surface area contributed by atoms with Gasteiger partial charge in [0.25, 0.3) is 0 Å². The second kappa shape index (κ2) is 7.50. The van der Waals surface area contributed by atoms with Gasteiger partial charge in [-0.25, -0.2) is 0 Å². The first-order chi connectivity index (χ1) is 9.63. The van der Waals surface area contributed by atoms with Crippen molar-refractivity contribution in [1.29, 1.82) is 0 Å². The summed E-state index contributed by atoms with van der Waals surface area (Å²) < 4.78 is 5.78. The summed E-state index contributed by atoms with van der Waals surface area (Å²) in [4.78, 5) is 4.51. The first kappa shape index (κ1) is 15.1. The van der Waals surface area contributed by atoms with Crippen molar-refractivity contribution in [2.24, 2.45) is 0 Å². The number of likely N-dealkylation sites (N-methyl/N-ethyl adjacent to an activating group) is 2. The summed E-state index contributed by atoms with van der Waals surface area (Å²) in [6, 6.07) is 8.84. The summed E-state index contributed by atoms with van der Waals surface area (Å²) >= 11 is 0. The molecule has 112 valence electrons. The van der Waals surface area contributed by atoms with Gasteiger partial charge >= 0.3 is 0 Å². The second-order valence-corrected chi connectivity index (χ2v) is 5.93. The molecule has 1 atom stereocenters. The monoisotopic (exact) mass is 277 g/mol. The summed E-state index contributed by atoms with van der Waals surface area (Å²) in [5, 5.41) is 3.62. The highest BCUT2D eigenvalue weighted by molar-refractivity contribution is 5.49. The van der Waals surface area contributed by atoms with Gasteiger partial charge in [0.05, 0.1) is 0 Å². The Hall–Kier alpha value is -1.26. The number of nitrogens with one attached hydrogen (secondary N) is 1. The van der Waals surface area contributed by atoms with Gasteiger partial charge in [0.15, 0.2) is 0 Å². The molecular weight excluding hydrogens is 250 g/mol. The topological polar surface area (TPSA) is 27.7 Å². The molecule has 1 aliphatic heterocycles. The highest BCUT2D eigenvalue weighted by atomic mass is 16.5. The minimum absolute atomic E-state index is 0.547. The van der Waals surface area contributed by atoms with Crippen LogP contribution in [0.5, 0.6) is 5.75 Å². The van der Waals surface area contributed by atoms with Crippen LogP contribution in [0.1, 0.15) is 12.8 Å². The molecular formula is C16H27N3O. The molecule has 1 N–H and O–H groups in total. The molecule has 0 saturated carbocycles. The number of benzene rings is 1. The SMILES string of the molecule is CN(C)CCOc1cccc(NC2CCCN(C)C2)c1. The fraction of sp³-hybridized carbons (Fsp3) is 0.625. The Morgan fingerprint density at radius 1 is 1.40 bits per heavy atom. The Morgan fingerprint density at radius 2 is 2.25 bits per heavy atom. The minimum Gasteiger partial charge on any atom is -0.492 e. The van der Waals surface area contributed by atoms with E-state index in [9.17, 15) is 0 Å². The predicted molar refractivity (Wildman–Crippen MR) is 84.6 cm³/mol. The Kier molecular flexibility index (Phi) is 5.68. The lowest BCUT2D eigenvalue weighted by Gasteiger charge is -2.31. The van der Waals surface area contributed by atoms with E-state index in [1.807, 2.05) is 6.07 Å². The van der Waals surface area contributed by atoms with Crippen LogP contribution in [0.15, 0.2) is 24.3 Å². The van der Waals surface area contributed by atoms with Gasteiger partial charge in [-0.15, -0.1) is 0 Å². The molecule has 0 radical (unpaired) electrons. The smallest absolute Gasteiger partial charge is 0.121 e. The highest BCUT2D eigenvalue weighted by Crippen LogP contribution is 2.20. The van der Waals surface area contributed by atoms with E-state index in [2.05, 4.69) is 54.5 Å². The van der Waals surface area contributed by atoms with Crippen LogP contribution in [0.2, 0.25) is 0 Å². The van der Waals surface area contributed by atoms with Crippen LogP contribution in [0, 0.1) is 0 Å². The molecule has 1 heterocycles. The number of rotatable bonds is 6. The van der Waals surface area contributed by atoms with Crippen molar-refractivity contribution in [3.8, 4) is 5.75 Å². The number of ether oxygens (including phenoxy) is 1. The summed E-state index contributed by atoms with van der Waals surface area (Å²) in [7, 11) is 6.30. The van der Waals surface area contributed by atoms with Gasteiger partial charge in [0.2, 0.25) is 0 Å². The molecule has 1 saturated heterocycles. The van der Waals surface area contributed by atoms with E-state index >= 15 is 0 Å². The van der Waals surface area contributed by atoms with Gasteiger partial charge in [-0.3, -0.25) is 0 Å². The van der Waals surface area contributed by atoms with E-state index in [-0.39, 0.29) is 0 Å². The zero-order chi connectivity index (χ0) is 14.4. The normalized spacial score (nSPS) is 20.1. The van der Waals surface area contributed by atoms with Gasteiger partial charge < -0.3 is 19.9 Å². The number of nitrogens with zero attached hydrogens (tertiary/aromatic N) is 2. The van der Waals surface area contributed by atoms with E-state index in [1.165, 1.54) is 19.4 Å². The molecule has 0 aromatic heterocycles. The standard InChI is InChI=1S/C16H27N3O/c1-18(2)10-11-20-16-8-4-6-14(12-16)17-15-7-5-9-19(3)13-15/h4,6,8,12,15,17H,5,7,9-11,13H2,1-3H3. The average Bonchev–Trinajstić information content (AvgIpc) is 2.39. The summed E-state index contributed by atoms with van der Waals surface area (Å²) in [6.45, 7) is 3.99. The molecule has 1 aromatic rings. The first-order valence-electron chi connectivity index (χ1n) is 7.46. The average molecular weight is 277 g/mol. The molecule has 0 amide bonds. The summed E-state index contributed by atoms with van der Waals surface area (Å²) in [5.74, 6) is 0.945. The van der Waals surface area contributed by atoms with Crippen LogP contribution in [0.3, 0.4) is 0 Å². The van der Waals surface area contributed by atoms with Crippen LogP contribution in [0.25, 0.3) is 0 Å². The zero-order valence-corrected chi connectivity index (χ0v) is 12.9. The van der Waals surface area contributed by atoms with Gasteiger partial charge in [-0.05, 0) is 52.7 Å². The Morgan fingerprint density at radius 3 is 3.00 bits per heavy atom. The molecule has 1 aliphatic rings. The van der Waals surface area contributed by atoms with Crippen molar-refractivity contribution in [3.05, 3.63) is 24.3 Å². The first-order valence-corrected chi connectivity index (χ1v) is 7.46. The van der Waals surface area contributed by atoms with Gasteiger partial charge in [-0.1, -0.05) is 6.07 Å². The van der Waals surface area contributed by atoms with Crippen molar-refractivity contribution in [1.82, 2.24) is 9.80 Å². The van der Waals surface area contributed by atoms with E-state index in [4.69, 9.17) is 4.74 Å². The van der Waals surface area contributed by atoms with Crippen molar-refractivity contribution in [2.75, 3.05) is 52.7 Å². The van der Waals surface area contributed by atoms with Crippen molar-refractivity contribution in [3.63, 3.8) is 0 Å². The van der Waals surface area contributed by atoms with E-state index in [1.54, 1.807) is 0 Å². The molecule has 4 heteroatoms. The fourth-order valence-electron chi connectivity index (χ4n) is 2.54. The third kappa shape index (κ3) is 5.02. The van der Waals surface area contributed by atoms with E-state index < -0.39 is 0 Å². The van der Waals surface area contributed by atoms with Crippen molar-refractivity contribution >= 4 is 5.69 Å². The van der Waals surface area contributed by atoms with Crippen LogP contribution in [0.4, 0.5) is 5.69 Å². The molecule has 1 aromatic carbocycles. The number of anilines is 1. The lowest BCUT2D eigenvalue weighted by molar-refractivity contribution is 0.259. The second-order valence-electron chi connectivity index (χ2n) is 5.93. The molecule has 0 spiro atoms. The molecule has 1 unspecified atom stereocenters. The lowest BCUT2D eigenvalue weighted by atomic mass is 10.1. The van der Waals surface area contributed by atoms with Crippen LogP contribution in [-0.2, 0) is 0 Å². The molecule has 4 nitrogen and oxygen atoms in total. The number of hydrogen-bond acceptors (Lipinski definition) is 4. The van der Waals surface area contributed by atoms with Crippen LogP contribution < -0.4 is 10.1 Å². The predicted octanol–water partition coefficient (Wildman–Crippen LogP) is 2.13. The maximum atomic E-state index is 5.78. The van der Waals surface area contributed by atoms with Gasteiger partial charge in [0.1, 0.15) is 12.4 Å². The highest BCUT2D eigenvalue weighted by Gasteiger charge is 2.16. The molecule has 2 rings (SSSR count). The van der Waals surface area contributed by atoms with E-state index in [0.717, 1.165) is 31.1 Å². The Balaban J connectivity index is 1.85. The molecule has 1 fully saturated rings. The number of piperidine rings is 1. The quantitative estimate of drug-likeness (QED) is 0.862. The third-order valence-electron chi connectivity index (χ3n) is 3.64. The lowest BCUT2D eigenvalue weighted by Crippen LogP contribution is -2.39.